The predicted octanol–water partition coefficient (Wildman–Crippen LogP) is 5.70. The van der Waals surface area contributed by atoms with Gasteiger partial charge in [0.05, 0.1) is 0 Å². The summed E-state index contributed by atoms with van der Waals surface area (Å²) in [5.74, 6) is 1.33. The van der Waals surface area contributed by atoms with E-state index in [0.29, 0.717) is 11.7 Å². The molecule has 0 radical (unpaired) electrons. The van der Waals surface area contributed by atoms with E-state index >= 15 is 0 Å². The molecule has 0 bridgehead atoms. The Morgan fingerprint density at radius 2 is 1.42 bits per heavy atom. The maximum absolute atomic E-state index is 5.18. The fourth-order valence-corrected chi connectivity index (χ4v) is 2.77. The molecular formula is C21H24N2O. The van der Waals surface area contributed by atoms with E-state index in [1.807, 2.05) is 6.92 Å². The van der Waals surface area contributed by atoms with Gasteiger partial charge in [-0.3, -0.25) is 0 Å². The molecule has 1 aromatic heterocycles. The second kappa shape index (κ2) is 7.91. The molecule has 0 N–H and O–H groups in total. The van der Waals surface area contributed by atoms with Crippen LogP contribution in [0.15, 0.2) is 53.1 Å². The summed E-state index contributed by atoms with van der Waals surface area (Å²) >= 11 is 0. The number of hydrogen-bond acceptors (Lipinski definition) is 3. The Morgan fingerprint density at radius 1 is 0.792 bits per heavy atom. The zero-order chi connectivity index (χ0) is 16.8. The van der Waals surface area contributed by atoms with Crippen LogP contribution in [0.4, 0.5) is 0 Å². The molecule has 0 amide bonds. The van der Waals surface area contributed by atoms with Crippen LogP contribution in [0.2, 0.25) is 0 Å². The number of hydrogen-bond donors (Lipinski definition) is 0. The summed E-state index contributed by atoms with van der Waals surface area (Å²) in [4.78, 5) is 4.37. The topological polar surface area (TPSA) is 38.9 Å². The third-order valence-corrected chi connectivity index (χ3v) is 4.27. The van der Waals surface area contributed by atoms with Gasteiger partial charge < -0.3 is 4.52 Å². The van der Waals surface area contributed by atoms with Crippen LogP contribution in [-0.2, 0) is 12.8 Å². The summed E-state index contributed by atoms with van der Waals surface area (Å²) in [5, 5.41) is 4.02. The van der Waals surface area contributed by atoms with Gasteiger partial charge >= 0.3 is 0 Å². The summed E-state index contributed by atoms with van der Waals surface area (Å²) in [7, 11) is 0. The van der Waals surface area contributed by atoms with E-state index in [-0.39, 0.29) is 0 Å². The number of nitrogens with zero attached hydrogens (tertiary/aromatic N) is 2. The predicted molar refractivity (Wildman–Crippen MR) is 97.8 cm³/mol. The first-order valence-corrected chi connectivity index (χ1v) is 8.82. The van der Waals surface area contributed by atoms with Gasteiger partial charge in [-0.05, 0) is 29.5 Å². The van der Waals surface area contributed by atoms with Crippen LogP contribution in [0.25, 0.3) is 22.5 Å². The SMILES string of the molecule is CCCCCc1ccc(-c2ccc(-c3noc(CC)n3)cc2)cc1. The van der Waals surface area contributed by atoms with Crippen LogP contribution in [0.5, 0.6) is 0 Å². The molecule has 0 fully saturated rings. The van der Waals surface area contributed by atoms with Crippen LogP contribution < -0.4 is 0 Å². The average molecular weight is 320 g/mol. The highest BCUT2D eigenvalue weighted by molar-refractivity contribution is 5.67. The number of rotatable bonds is 7. The minimum atomic E-state index is 0.657. The second-order valence-corrected chi connectivity index (χ2v) is 6.10. The van der Waals surface area contributed by atoms with Crippen molar-refractivity contribution in [1.29, 1.82) is 0 Å². The largest absolute Gasteiger partial charge is 0.339 e. The molecule has 3 heteroatoms. The van der Waals surface area contributed by atoms with Gasteiger partial charge in [-0.2, -0.15) is 4.98 Å². The maximum Gasteiger partial charge on any atom is 0.226 e. The summed E-state index contributed by atoms with van der Waals surface area (Å²) < 4.78 is 5.18. The zero-order valence-electron chi connectivity index (χ0n) is 14.5. The van der Waals surface area contributed by atoms with Crippen molar-refractivity contribution in [2.45, 2.75) is 46.0 Å². The molecule has 0 spiro atoms. The van der Waals surface area contributed by atoms with Crippen LogP contribution in [-0.4, -0.2) is 10.1 Å². The third-order valence-electron chi connectivity index (χ3n) is 4.27. The Hall–Kier alpha value is -2.42. The van der Waals surface area contributed by atoms with E-state index in [9.17, 15) is 0 Å². The van der Waals surface area contributed by atoms with Gasteiger partial charge in [-0.1, -0.05) is 80.4 Å². The van der Waals surface area contributed by atoms with Gasteiger partial charge in [0.1, 0.15) is 0 Å². The van der Waals surface area contributed by atoms with Crippen LogP contribution >= 0.6 is 0 Å². The van der Waals surface area contributed by atoms with E-state index in [1.165, 1.54) is 42.4 Å². The van der Waals surface area contributed by atoms with Gasteiger partial charge in [0.15, 0.2) is 0 Å². The monoisotopic (exact) mass is 320 g/mol. The Labute approximate surface area is 143 Å². The summed E-state index contributed by atoms with van der Waals surface area (Å²) in [5.41, 5.74) is 4.85. The van der Waals surface area contributed by atoms with Crippen LogP contribution in [0, 0.1) is 0 Å². The molecule has 0 aliphatic rings. The quantitative estimate of drug-likeness (QED) is 0.524. The van der Waals surface area contributed by atoms with Crippen molar-refractivity contribution in [3.05, 3.63) is 60.0 Å². The third kappa shape index (κ3) is 3.91. The first-order valence-electron chi connectivity index (χ1n) is 8.82. The van der Waals surface area contributed by atoms with Gasteiger partial charge in [0.25, 0.3) is 0 Å². The van der Waals surface area contributed by atoms with Crippen molar-refractivity contribution in [1.82, 2.24) is 10.1 Å². The van der Waals surface area contributed by atoms with E-state index in [1.54, 1.807) is 0 Å². The standard InChI is InChI=1S/C21H24N2O/c1-3-5-6-7-16-8-10-17(11-9-16)18-12-14-19(15-13-18)21-22-20(4-2)24-23-21/h8-15H,3-7H2,1-2H3. The van der Waals surface area contributed by atoms with Gasteiger partial charge in [-0.15, -0.1) is 0 Å². The summed E-state index contributed by atoms with van der Waals surface area (Å²) in [6.07, 6.45) is 5.78. The molecule has 3 aromatic rings. The molecule has 0 saturated carbocycles. The molecule has 3 nitrogen and oxygen atoms in total. The molecule has 3 rings (SSSR count). The first kappa shape index (κ1) is 16.4. The van der Waals surface area contributed by atoms with E-state index in [4.69, 9.17) is 4.52 Å². The Bertz CT molecular complexity index is 757. The van der Waals surface area contributed by atoms with Gasteiger partial charge in [-0.25, -0.2) is 0 Å². The van der Waals surface area contributed by atoms with Crippen molar-refractivity contribution in [2.75, 3.05) is 0 Å². The highest BCUT2D eigenvalue weighted by Crippen LogP contribution is 2.24. The lowest BCUT2D eigenvalue weighted by Crippen LogP contribution is -1.86. The molecule has 0 aliphatic heterocycles. The first-order chi connectivity index (χ1) is 11.8. The molecule has 24 heavy (non-hydrogen) atoms. The molecule has 0 atom stereocenters. The molecule has 0 unspecified atom stereocenters. The normalized spacial score (nSPS) is 10.9. The van der Waals surface area contributed by atoms with Crippen molar-refractivity contribution in [3.63, 3.8) is 0 Å². The molecule has 2 aromatic carbocycles. The van der Waals surface area contributed by atoms with Crippen LogP contribution in [0.1, 0.15) is 44.6 Å². The molecule has 0 aliphatic carbocycles. The lowest BCUT2D eigenvalue weighted by Gasteiger charge is -2.05. The smallest absolute Gasteiger partial charge is 0.226 e. The average Bonchev–Trinajstić information content (AvgIpc) is 3.12. The van der Waals surface area contributed by atoms with E-state index < -0.39 is 0 Å². The number of aryl methyl sites for hydroxylation is 2. The fourth-order valence-electron chi connectivity index (χ4n) is 2.77. The zero-order valence-corrected chi connectivity index (χ0v) is 14.5. The van der Waals surface area contributed by atoms with E-state index in [2.05, 4.69) is 65.6 Å². The molecule has 124 valence electrons. The maximum atomic E-state index is 5.18. The Balaban J connectivity index is 1.71. The second-order valence-electron chi connectivity index (χ2n) is 6.10. The van der Waals surface area contributed by atoms with Crippen LogP contribution in [0.3, 0.4) is 0 Å². The lowest BCUT2D eigenvalue weighted by molar-refractivity contribution is 0.383. The Kier molecular flexibility index (Phi) is 5.42. The molecule has 1 heterocycles. The lowest BCUT2D eigenvalue weighted by atomic mass is 10.0. The highest BCUT2D eigenvalue weighted by Gasteiger charge is 2.07. The Morgan fingerprint density at radius 3 is 2.00 bits per heavy atom. The van der Waals surface area contributed by atoms with Crippen molar-refractivity contribution < 1.29 is 4.52 Å². The minimum absolute atomic E-state index is 0.657. The van der Waals surface area contributed by atoms with Gasteiger partial charge in [0, 0.05) is 12.0 Å². The minimum Gasteiger partial charge on any atom is -0.339 e. The van der Waals surface area contributed by atoms with Gasteiger partial charge in [0.2, 0.25) is 11.7 Å². The molecular weight excluding hydrogens is 296 g/mol. The highest BCUT2D eigenvalue weighted by atomic mass is 16.5. The number of unbranched alkanes of at least 4 members (excludes halogenated alkanes) is 2. The summed E-state index contributed by atoms with van der Waals surface area (Å²) in [6, 6.07) is 17.2. The van der Waals surface area contributed by atoms with Crippen molar-refractivity contribution >= 4 is 0 Å². The van der Waals surface area contributed by atoms with Crippen molar-refractivity contribution in [3.8, 4) is 22.5 Å². The molecule has 0 saturated heterocycles. The fraction of sp³-hybridized carbons (Fsp3) is 0.333. The van der Waals surface area contributed by atoms with E-state index in [0.717, 1.165) is 12.0 Å². The number of benzene rings is 2. The van der Waals surface area contributed by atoms with Crippen molar-refractivity contribution in [2.24, 2.45) is 0 Å². The summed E-state index contributed by atoms with van der Waals surface area (Å²) in [6.45, 7) is 4.25. The number of aromatic nitrogens is 2.